The van der Waals surface area contributed by atoms with E-state index >= 15 is 0 Å². The van der Waals surface area contributed by atoms with Crippen molar-refractivity contribution in [2.45, 2.75) is 11.6 Å². The molecule has 0 aromatic carbocycles. The van der Waals surface area contributed by atoms with Gasteiger partial charge in [-0.05, 0) is 0 Å². The number of hydrogen-bond acceptors (Lipinski definition) is 10. The lowest BCUT2D eigenvalue weighted by Crippen LogP contribution is -2.58. The van der Waals surface area contributed by atoms with Crippen LogP contribution in [0.2, 0.25) is 0 Å². The molecule has 0 saturated carbocycles. The van der Waals surface area contributed by atoms with Crippen LogP contribution in [0.1, 0.15) is 0 Å². The second kappa shape index (κ2) is 10.4. The molecule has 130 valence electrons. The molecule has 11 nitrogen and oxygen atoms in total. The normalized spacial score (nSPS) is 13.2. The molecule has 0 aliphatic rings. The first kappa shape index (κ1) is 20.7. The summed E-state index contributed by atoms with van der Waals surface area (Å²) in [5.74, 6) is -2.26. The Kier molecular flexibility index (Phi) is 9.76. The Morgan fingerprint density at radius 1 is 1.09 bits per heavy atom. The molecule has 0 rings (SSSR count). The van der Waals surface area contributed by atoms with Crippen LogP contribution in [0.5, 0.6) is 0 Å². The molecule has 0 aromatic rings. The Morgan fingerprint density at radius 2 is 1.64 bits per heavy atom. The molecule has 0 aliphatic heterocycles. The summed E-state index contributed by atoms with van der Waals surface area (Å²) < 4.78 is 4.82. The predicted octanol–water partition coefficient (Wildman–Crippen LogP) is -4.51. The van der Waals surface area contributed by atoms with Gasteiger partial charge in [0, 0.05) is 0 Å². The van der Waals surface area contributed by atoms with Gasteiger partial charge in [-0.2, -0.15) is 0 Å². The van der Waals surface area contributed by atoms with Crippen LogP contribution < -0.4 is 5.32 Å². The Morgan fingerprint density at radius 3 is 2.00 bits per heavy atom. The van der Waals surface area contributed by atoms with Gasteiger partial charge in [0.1, 0.15) is 12.6 Å². The number of aliphatic carboxylic acids is 1. The maximum atomic E-state index is 11.8. The summed E-state index contributed by atoms with van der Waals surface area (Å²) in [5, 5.41) is 56.4. The zero-order valence-corrected chi connectivity index (χ0v) is 11.9. The summed E-state index contributed by atoms with van der Waals surface area (Å²) in [6.07, 6.45) is 0. The molecule has 0 heterocycles. The minimum Gasteiger partial charge on any atom is -0.480 e. The van der Waals surface area contributed by atoms with E-state index in [9.17, 15) is 19.8 Å². The summed E-state index contributed by atoms with van der Waals surface area (Å²) >= 11 is 0. The summed E-state index contributed by atoms with van der Waals surface area (Å²) in [5.41, 5.74) is -1.57. The average molecular weight is 326 g/mol. The molecule has 22 heavy (non-hydrogen) atoms. The fourth-order valence-corrected chi connectivity index (χ4v) is 1.45. The smallest absolute Gasteiger partial charge is 0.325 e. The number of aliphatic hydroxyl groups is 5. The Balaban J connectivity index is 4.75. The zero-order chi connectivity index (χ0) is 17.2. The van der Waals surface area contributed by atoms with Crippen LogP contribution >= 0.6 is 0 Å². The lowest BCUT2D eigenvalue weighted by Gasteiger charge is -2.31. The van der Waals surface area contributed by atoms with Crippen LogP contribution in [0, 0.1) is 0 Å². The Hall–Kier alpha value is -1.34. The fraction of sp³-hybridized carbons (Fsp3) is 0.818. The van der Waals surface area contributed by atoms with Crippen molar-refractivity contribution in [2.75, 3.05) is 46.4 Å². The van der Waals surface area contributed by atoms with E-state index in [2.05, 4.69) is 5.32 Å². The Labute approximate surface area is 126 Å². The minimum absolute atomic E-state index is 0.576. The number of nitrogens with one attached hydrogen (secondary N) is 1. The minimum atomic E-state index is -1.57. The van der Waals surface area contributed by atoms with Crippen LogP contribution in [-0.2, 0) is 14.3 Å². The van der Waals surface area contributed by atoms with Crippen molar-refractivity contribution >= 4 is 11.9 Å². The summed E-state index contributed by atoms with van der Waals surface area (Å²) in [7, 11) is 0. The van der Waals surface area contributed by atoms with E-state index in [1.807, 2.05) is 0 Å². The van der Waals surface area contributed by atoms with E-state index in [4.69, 9.17) is 25.2 Å². The first-order chi connectivity index (χ1) is 10.4. The highest BCUT2D eigenvalue weighted by Gasteiger charge is 2.33. The third-order valence-electron chi connectivity index (χ3n) is 2.96. The van der Waals surface area contributed by atoms with Crippen LogP contribution in [-0.4, -0.2) is 105 Å². The Bertz CT molecular complexity index is 344. The summed E-state index contributed by atoms with van der Waals surface area (Å²) in [6.45, 7) is -4.74. The van der Waals surface area contributed by atoms with Crippen LogP contribution in [0.3, 0.4) is 0 Å². The van der Waals surface area contributed by atoms with Gasteiger partial charge in [0.25, 0.3) is 0 Å². The standard InChI is InChI=1S/C11H22N2O9/c14-2-8(13(6-17)7-18)10(21)22-5-11(3-15,4-16)12-1-9(19)20/h8,12,14-18H,1-7H2,(H,19,20). The largest absolute Gasteiger partial charge is 0.480 e. The van der Waals surface area contributed by atoms with Gasteiger partial charge in [-0.25, -0.2) is 4.90 Å². The van der Waals surface area contributed by atoms with Crippen LogP contribution in [0.25, 0.3) is 0 Å². The lowest BCUT2D eigenvalue weighted by molar-refractivity contribution is -0.160. The van der Waals surface area contributed by atoms with E-state index in [0.29, 0.717) is 0 Å². The highest BCUT2D eigenvalue weighted by molar-refractivity contribution is 5.76. The molecule has 0 amide bonds. The molecular weight excluding hydrogens is 304 g/mol. The van der Waals surface area contributed by atoms with Crippen molar-refractivity contribution in [1.82, 2.24) is 10.2 Å². The molecule has 0 bridgehead atoms. The molecular formula is C11H22N2O9. The first-order valence-electron chi connectivity index (χ1n) is 6.31. The fourth-order valence-electron chi connectivity index (χ4n) is 1.45. The number of carbonyl (C=O) groups is 2. The highest BCUT2D eigenvalue weighted by atomic mass is 16.5. The molecule has 0 aliphatic carbocycles. The quantitative estimate of drug-likeness (QED) is 0.136. The van der Waals surface area contributed by atoms with E-state index in [1.165, 1.54) is 0 Å². The van der Waals surface area contributed by atoms with Gasteiger partial charge in [-0.15, -0.1) is 0 Å². The number of aliphatic hydroxyl groups excluding tert-OH is 5. The maximum absolute atomic E-state index is 11.8. The number of carboxylic acids is 1. The van der Waals surface area contributed by atoms with Gasteiger partial charge in [0.2, 0.25) is 0 Å². The van der Waals surface area contributed by atoms with Crippen LogP contribution in [0.15, 0.2) is 0 Å². The van der Waals surface area contributed by atoms with E-state index in [1.54, 1.807) is 0 Å². The van der Waals surface area contributed by atoms with Crippen molar-refractivity contribution < 1.29 is 45.0 Å². The van der Waals surface area contributed by atoms with E-state index in [-0.39, 0.29) is 0 Å². The second-order valence-electron chi connectivity index (χ2n) is 4.52. The average Bonchev–Trinajstić information content (AvgIpc) is 2.52. The maximum Gasteiger partial charge on any atom is 0.325 e. The third-order valence-corrected chi connectivity index (χ3v) is 2.96. The molecule has 0 fully saturated rings. The van der Waals surface area contributed by atoms with Crippen molar-refractivity contribution in [1.29, 1.82) is 0 Å². The summed E-state index contributed by atoms with van der Waals surface area (Å²) in [6, 6.07) is -1.34. The molecule has 0 aromatic heterocycles. The molecule has 0 radical (unpaired) electrons. The number of carbonyl (C=O) groups excluding carboxylic acids is 1. The van der Waals surface area contributed by atoms with Crippen molar-refractivity contribution in [3.63, 3.8) is 0 Å². The number of nitrogens with zero attached hydrogens (tertiary/aromatic N) is 1. The molecule has 1 unspecified atom stereocenters. The predicted molar refractivity (Wildman–Crippen MR) is 70.4 cm³/mol. The second-order valence-corrected chi connectivity index (χ2v) is 4.52. The molecule has 0 spiro atoms. The number of esters is 1. The van der Waals surface area contributed by atoms with E-state index in [0.717, 1.165) is 4.90 Å². The molecule has 1 atom stereocenters. The van der Waals surface area contributed by atoms with Gasteiger partial charge in [-0.1, -0.05) is 0 Å². The van der Waals surface area contributed by atoms with Gasteiger partial charge in [0.15, 0.2) is 0 Å². The first-order valence-corrected chi connectivity index (χ1v) is 6.31. The van der Waals surface area contributed by atoms with Crippen molar-refractivity contribution in [2.24, 2.45) is 0 Å². The molecule has 11 heteroatoms. The van der Waals surface area contributed by atoms with Gasteiger partial charge in [-0.3, -0.25) is 14.9 Å². The zero-order valence-electron chi connectivity index (χ0n) is 11.9. The van der Waals surface area contributed by atoms with E-state index < -0.39 is 70.0 Å². The number of carboxylic acid groups (broad SMARTS) is 1. The summed E-state index contributed by atoms with van der Waals surface area (Å²) in [4.78, 5) is 23.1. The SMILES string of the molecule is O=C(O)CNC(CO)(CO)COC(=O)C(CO)N(CO)CO. The number of ether oxygens (including phenoxy) is 1. The van der Waals surface area contributed by atoms with Gasteiger partial charge in [0.05, 0.1) is 45.4 Å². The van der Waals surface area contributed by atoms with Crippen molar-refractivity contribution in [3.05, 3.63) is 0 Å². The molecule has 7 N–H and O–H groups in total. The molecule has 0 saturated heterocycles. The number of hydrogen-bond donors (Lipinski definition) is 7. The highest BCUT2D eigenvalue weighted by Crippen LogP contribution is 2.07. The third kappa shape index (κ3) is 6.19. The number of rotatable bonds is 12. The lowest BCUT2D eigenvalue weighted by atomic mass is 10.0. The van der Waals surface area contributed by atoms with Crippen molar-refractivity contribution in [3.8, 4) is 0 Å². The van der Waals surface area contributed by atoms with Crippen LogP contribution in [0.4, 0.5) is 0 Å². The monoisotopic (exact) mass is 326 g/mol. The topological polar surface area (TPSA) is 180 Å². The van der Waals surface area contributed by atoms with Gasteiger partial charge < -0.3 is 35.4 Å². The van der Waals surface area contributed by atoms with Gasteiger partial charge >= 0.3 is 11.9 Å².